The maximum atomic E-state index is 12.1. The number of aliphatic carboxylic acids is 1. The molecule has 0 fully saturated rings. The maximum absolute atomic E-state index is 12.1. The Labute approximate surface area is 124 Å². The van der Waals surface area contributed by atoms with Crippen molar-refractivity contribution in [1.29, 1.82) is 0 Å². The maximum Gasteiger partial charge on any atom is 0.307 e. The third kappa shape index (κ3) is 5.26. The van der Waals surface area contributed by atoms with E-state index in [1.165, 1.54) is 0 Å². The van der Waals surface area contributed by atoms with E-state index in [9.17, 15) is 14.7 Å². The summed E-state index contributed by atoms with van der Waals surface area (Å²) in [5, 5.41) is 9.23. The van der Waals surface area contributed by atoms with Crippen molar-refractivity contribution in [2.75, 3.05) is 7.11 Å². The number of benzene rings is 1. The molecule has 1 rings (SSSR count). The van der Waals surface area contributed by atoms with Crippen LogP contribution in [-0.2, 0) is 4.79 Å². The summed E-state index contributed by atoms with van der Waals surface area (Å²) in [6, 6.07) is 6.64. The van der Waals surface area contributed by atoms with Gasteiger partial charge in [0.05, 0.1) is 13.0 Å². The number of methoxy groups -OCH3 is 1. The Hall–Kier alpha value is -2.36. The van der Waals surface area contributed by atoms with Gasteiger partial charge in [0.25, 0.3) is 0 Å². The van der Waals surface area contributed by atoms with Crippen molar-refractivity contribution < 1.29 is 19.4 Å². The zero-order valence-corrected chi connectivity index (χ0v) is 12.3. The molecular weight excluding hydrogens is 268 g/mol. The quantitative estimate of drug-likeness (QED) is 0.587. The number of carboxylic acids is 1. The molecule has 0 aliphatic carbocycles. The molecule has 0 saturated heterocycles. The second-order valence-electron chi connectivity index (χ2n) is 4.75. The van der Waals surface area contributed by atoms with Gasteiger partial charge in [0.2, 0.25) is 0 Å². The minimum Gasteiger partial charge on any atom is -0.497 e. The Kier molecular flexibility index (Phi) is 6.40. The SMILES string of the molecule is C=C(/C=C\C)C[C@H](CC(=O)c1ccc(OC)cc1)C(=O)O. The van der Waals surface area contributed by atoms with Crippen LogP contribution >= 0.6 is 0 Å². The first-order valence-corrected chi connectivity index (χ1v) is 6.68. The van der Waals surface area contributed by atoms with Crippen LogP contribution < -0.4 is 4.74 Å². The highest BCUT2D eigenvalue weighted by Gasteiger charge is 2.22. The van der Waals surface area contributed by atoms with E-state index in [1.807, 2.05) is 6.92 Å². The summed E-state index contributed by atoms with van der Waals surface area (Å²) < 4.78 is 5.02. The number of ether oxygens (including phenoxy) is 1. The molecule has 0 spiro atoms. The molecule has 0 unspecified atom stereocenters. The fourth-order valence-corrected chi connectivity index (χ4v) is 1.99. The molecule has 0 amide bonds. The molecule has 4 heteroatoms. The molecule has 0 heterocycles. The third-order valence-corrected chi connectivity index (χ3v) is 3.10. The molecule has 0 bridgehead atoms. The lowest BCUT2D eigenvalue weighted by Crippen LogP contribution is -2.18. The van der Waals surface area contributed by atoms with Gasteiger partial charge in [0, 0.05) is 12.0 Å². The molecule has 0 aromatic heterocycles. The van der Waals surface area contributed by atoms with Crippen molar-refractivity contribution in [3.05, 3.63) is 54.1 Å². The van der Waals surface area contributed by atoms with Gasteiger partial charge in [-0.3, -0.25) is 9.59 Å². The summed E-state index contributed by atoms with van der Waals surface area (Å²) in [5.41, 5.74) is 1.19. The highest BCUT2D eigenvalue weighted by molar-refractivity contribution is 5.98. The molecule has 1 aromatic carbocycles. The molecule has 0 aliphatic rings. The lowest BCUT2D eigenvalue weighted by atomic mass is 9.92. The first-order chi connectivity index (χ1) is 9.97. The van der Waals surface area contributed by atoms with Gasteiger partial charge >= 0.3 is 5.97 Å². The van der Waals surface area contributed by atoms with Crippen LogP contribution in [0.25, 0.3) is 0 Å². The predicted molar refractivity (Wildman–Crippen MR) is 81.6 cm³/mol. The summed E-state index contributed by atoms with van der Waals surface area (Å²) in [6.45, 7) is 5.63. The van der Waals surface area contributed by atoms with Crippen LogP contribution in [-0.4, -0.2) is 24.0 Å². The Morgan fingerprint density at radius 2 is 1.90 bits per heavy atom. The summed E-state index contributed by atoms with van der Waals surface area (Å²) >= 11 is 0. The smallest absolute Gasteiger partial charge is 0.307 e. The molecule has 1 aromatic rings. The van der Waals surface area contributed by atoms with Crippen molar-refractivity contribution in [1.82, 2.24) is 0 Å². The molecule has 21 heavy (non-hydrogen) atoms. The molecule has 0 aliphatic heterocycles. The molecule has 0 radical (unpaired) electrons. The minimum atomic E-state index is -0.984. The highest BCUT2D eigenvalue weighted by Crippen LogP contribution is 2.20. The average Bonchev–Trinajstić information content (AvgIpc) is 2.46. The van der Waals surface area contributed by atoms with E-state index in [0.717, 1.165) is 0 Å². The predicted octanol–water partition coefficient (Wildman–Crippen LogP) is 3.49. The van der Waals surface area contributed by atoms with Crippen LogP contribution in [0.2, 0.25) is 0 Å². The fourth-order valence-electron chi connectivity index (χ4n) is 1.99. The van der Waals surface area contributed by atoms with Crippen LogP contribution in [0.5, 0.6) is 5.75 Å². The number of carboxylic acid groups (broad SMARTS) is 1. The van der Waals surface area contributed by atoms with E-state index in [2.05, 4.69) is 6.58 Å². The minimum absolute atomic E-state index is 0.0434. The van der Waals surface area contributed by atoms with E-state index in [-0.39, 0.29) is 18.6 Å². The van der Waals surface area contributed by atoms with E-state index in [4.69, 9.17) is 4.74 Å². The molecule has 1 atom stereocenters. The lowest BCUT2D eigenvalue weighted by molar-refractivity contribution is -0.141. The monoisotopic (exact) mass is 288 g/mol. The van der Waals surface area contributed by atoms with Crippen LogP contribution in [0, 0.1) is 5.92 Å². The van der Waals surface area contributed by atoms with Gasteiger partial charge < -0.3 is 9.84 Å². The van der Waals surface area contributed by atoms with Gasteiger partial charge in [-0.1, -0.05) is 24.3 Å². The van der Waals surface area contributed by atoms with Gasteiger partial charge in [0.15, 0.2) is 5.78 Å². The summed E-state index contributed by atoms with van der Waals surface area (Å²) in [6.07, 6.45) is 3.78. The van der Waals surface area contributed by atoms with Crippen LogP contribution in [0.1, 0.15) is 30.1 Å². The van der Waals surface area contributed by atoms with Gasteiger partial charge in [0.1, 0.15) is 5.75 Å². The van der Waals surface area contributed by atoms with Crippen molar-refractivity contribution >= 4 is 11.8 Å². The average molecular weight is 288 g/mol. The molecule has 112 valence electrons. The topological polar surface area (TPSA) is 63.6 Å². The van der Waals surface area contributed by atoms with E-state index < -0.39 is 11.9 Å². The Morgan fingerprint density at radius 1 is 1.29 bits per heavy atom. The standard InChI is InChI=1S/C17H20O4/c1-4-5-12(2)10-14(17(19)20)11-16(18)13-6-8-15(21-3)9-7-13/h4-9,14H,2,10-11H2,1,3H3,(H,19,20)/b5-4-/t14-/m1/s1. The Morgan fingerprint density at radius 3 is 2.38 bits per heavy atom. The first-order valence-electron chi connectivity index (χ1n) is 6.68. The van der Waals surface area contributed by atoms with Crippen LogP contribution in [0.4, 0.5) is 0 Å². The third-order valence-electron chi connectivity index (χ3n) is 3.10. The number of rotatable bonds is 8. The van der Waals surface area contributed by atoms with Crippen LogP contribution in [0.3, 0.4) is 0 Å². The number of carbonyl (C=O) groups is 2. The van der Waals surface area contributed by atoms with Gasteiger partial charge in [-0.25, -0.2) is 0 Å². The number of hydrogen-bond donors (Lipinski definition) is 1. The highest BCUT2D eigenvalue weighted by atomic mass is 16.5. The van der Waals surface area contributed by atoms with E-state index >= 15 is 0 Å². The van der Waals surface area contributed by atoms with Crippen molar-refractivity contribution in [3.8, 4) is 5.75 Å². The zero-order valence-electron chi connectivity index (χ0n) is 12.3. The number of hydrogen-bond acceptors (Lipinski definition) is 3. The lowest BCUT2D eigenvalue weighted by Gasteiger charge is -2.12. The molecular formula is C17H20O4. The normalized spacial score (nSPS) is 12.1. The number of carbonyl (C=O) groups excluding carboxylic acids is 1. The Balaban J connectivity index is 2.75. The van der Waals surface area contributed by atoms with E-state index in [1.54, 1.807) is 43.5 Å². The van der Waals surface area contributed by atoms with Crippen molar-refractivity contribution in [2.45, 2.75) is 19.8 Å². The van der Waals surface area contributed by atoms with Crippen molar-refractivity contribution in [2.24, 2.45) is 5.92 Å². The largest absolute Gasteiger partial charge is 0.497 e. The van der Waals surface area contributed by atoms with Gasteiger partial charge in [-0.15, -0.1) is 0 Å². The number of allylic oxidation sites excluding steroid dienone is 3. The Bertz CT molecular complexity index is 540. The fraction of sp³-hybridized carbons (Fsp3) is 0.294. The summed E-state index contributed by atoms with van der Waals surface area (Å²) in [5.74, 6) is -1.29. The zero-order chi connectivity index (χ0) is 15.8. The van der Waals surface area contributed by atoms with Gasteiger partial charge in [-0.05, 0) is 37.6 Å². The number of ketones is 1. The molecule has 1 N–H and O–H groups in total. The molecule has 4 nitrogen and oxygen atoms in total. The van der Waals surface area contributed by atoms with Crippen LogP contribution in [0.15, 0.2) is 48.6 Å². The second-order valence-corrected chi connectivity index (χ2v) is 4.75. The first kappa shape index (κ1) is 16.7. The number of Topliss-reactive ketones (excluding diaryl/α,β-unsaturated/α-hetero) is 1. The summed E-state index contributed by atoms with van der Waals surface area (Å²) in [4.78, 5) is 23.4. The van der Waals surface area contributed by atoms with Gasteiger partial charge in [-0.2, -0.15) is 0 Å². The van der Waals surface area contributed by atoms with E-state index in [0.29, 0.717) is 16.9 Å². The summed E-state index contributed by atoms with van der Waals surface area (Å²) in [7, 11) is 1.55. The van der Waals surface area contributed by atoms with Crippen molar-refractivity contribution in [3.63, 3.8) is 0 Å². The molecule has 0 saturated carbocycles. The second kappa shape index (κ2) is 8.04.